The number of carbonyl (C=O) groups excluding carboxylic acids is 2. The van der Waals surface area contributed by atoms with Crippen molar-refractivity contribution >= 4 is 81.8 Å². The van der Waals surface area contributed by atoms with Crippen molar-refractivity contribution in [1.82, 2.24) is 10.0 Å². The van der Waals surface area contributed by atoms with Crippen LogP contribution < -0.4 is 14.9 Å². The molecule has 0 spiro atoms. The molecule has 2 unspecified atom stereocenters. The second-order valence-corrected chi connectivity index (χ2v) is 9.01. The largest absolute Gasteiger partial charge is 0.334 e. The molecular formula is C14H13Cl4FN4O2S. The second-order valence-electron chi connectivity index (χ2n) is 5.30. The van der Waals surface area contributed by atoms with Gasteiger partial charge in [-0.2, -0.15) is 0 Å². The lowest BCUT2D eigenvalue weighted by Crippen LogP contribution is -2.51. The maximum atomic E-state index is 14.1. The van der Waals surface area contributed by atoms with Crippen molar-refractivity contribution in [3.8, 4) is 0 Å². The molecule has 0 radical (unpaired) electrons. The van der Waals surface area contributed by atoms with Gasteiger partial charge in [-0.1, -0.05) is 58.9 Å². The molecule has 0 aromatic heterocycles. The van der Waals surface area contributed by atoms with Crippen LogP contribution >= 0.6 is 58.4 Å². The molecule has 2 atom stereocenters. The molecule has 2 N–H and O–H groups in total. The number of aliphatic imine (C=N–C) groups is 1. The Kier molecular flexibility index (Phi) is 6.69. The maximum Gasteiger partial charge on any atom is 0.334 e. The first-order valence-corrected chi connectivity index (χ1v) is 9.76. The minimum absolute atomic E-state index is 0.150. The van der Waals surface area contributed by atoms with Crippen LogP contribution in [0.1, 0.15) is 6.92 Å². The quantitative estimate of drug-likeness (QED) is 0.397. The molecule has 142 valence electrons. The summed E-state index contributed by atoms with van der Waals surface area (Å²) in [4.78, 5) is 27.7. The first-order chi connectivity index (χ1) is 12.0. The summed E-state index contributed by atoms with van der Waals surface area (Å²) in [6, 6.07) is 4.58. The number of imide groups is 1. The van der Waals surface area contributed by atoms with Crippen LogP contribution in [0, 0.1) is 5.82 Å². The van der Waals surface area contributed by atoms with Crippen molar-refractivity contribution in [2.45, 2.75) is 21.8 Å². The topological polar surface area (TPSA) is 73.8 Å². The van der Waals surface area contributed by atoms with Gasteiger partial charge in [-0.3, -0.25) is 10.1 Å². The van der Waals surface area contributed by atoms with E-state index in [9.17, 15) is 14.0 Å². The lowest BCUT2D eigenvalue weighted by atomic mass is 10.1. The van der Waals surface area contributed by atoms with Crippen LogP contribution in [-0.4, -0.2) is 38.9 Å². The third kappa shape index (κ3) is 4.21. The summed E-state index contributed by atoms with van der Waals surface area (Å²) in [6.07, 6.45) is 0.570. The molecule has 1 aliphatic rings. The first kappa shape index (κ1) is 21.5. The molecule has 0 aliphatic carbocycles. The zero-order chi connectivity index (χ0) is 19.7. The van der Waals surface area contributed by atoms with Gasteiger partial charge >= 0.3 is 6.03 Å². The van der Waals surface area contributed by atoms with Crippen molar-refractivity contribution in [2.75, 3.05) is 11.2 Å². The van der Waals surface area contributed by atoms with Crippen molar-refractivity contribution in [1.29, 1.82) is 0 Å². The fraction of sp³-hybridized carbons (Fsp3) is 0.357. The van der Waals surface area contributed by atoms with Gasteiger partial charge in [0.25, 0.3) is 5.91 Å². The van der Waals surface area contributed by atoms with E-state index in [1.165, 1.54) is 25.1 Å². The number of amidine groups is 1. The van der Waals surface area contributed by atoms with Crippen molar-refractivity contribution in [3.05, 3.63) is 30.1 Å². The van der Waals surface area contributed by atoms with E-state index in [-0.39, 0.29) is 11.5 Å². The van der Waals surface area contributed by atoms with E-state index < -0.39 is 32.6 Å². The van der Waals surface area contributed by atoms with Gasteiger partial charge in [0.2, 0.25) is 9.63 Å². The van der Waals surface area contributed by atoms with E-state index in [0.29, 0.717) is 0 Å². The zero-order valence-electron chi connectivity index (χ0n) is 13.4. The Morgan fingerprint density at radius 1 is 1.27 bits per heavy atom. The number of benzene rings is 1. The number of para-hydroxylation sites is 1. The third-order valence-corrected chi connectivity index (χ3v) is 5.90. The lowest BCUT2D eigenvalue weighted by molar-refractivity contribution is -0.113. The summed E-state index contributed by atoms with van der Waals surface area (Å²) in [5, 5.41) is 2.05. The fourth-order valence-electron chi connectivity index (χ4n) is 2.03. The number of rotatable bonds is 5. The van der Waals surface area contributed by atoms with Crippen LogP contribution in [-0.2, 0) is 4.79 Å². The standard InChI is InChI=1S/C14H13Cl4FN4O2S/c1-13(15,14(16,17)18)11(22-26-2)20-9-10(24)21-12(25)23(9)8-6-4-3-5-7(8)19/h3-6,11,22H,1-2H3,(H,21,24,25)/b20-9+. The number of alkyl halides is 4. The van der Waals surface area contributed by atoms with E-state index in [0.717, 1.165) is 22.9 Å². The van der Waals surface area contributed by atoms with Gasteiger partial charge < -0.3 is 0 Å². The van der Waals surface area contributed by atoms with Gasteiger partial charge in [0.05, 0.1) is 5.69 Å². The van der Waals surface area contributed by atoms with E-state index in [1.807, 2.05) is 0 Å². The van der Waals surface area contributed by atoms with Gasteiger partial charge in [0.15, 0.2) is 0 Å². The van der Waals surface area contributed by atoms with Crippen LogP contribution in [0.15, 0.2) is 29.3 Å². The Morgan fingerprint density at radius 2 is 1.88 bits per heavy atom. The molecule has 1 aromatic rings. The highest BCUT2D eigenvalue weighted by Gasteiger charge is 2.50. The molecule has 1 saturated heterocycles. The van der Waals surface area contributed by atoms with Crippen molar-refractivity contribution in [3.63, 3.8) is 0 Å². The molecule has 1 aromatic carbocycles. The number of urea groups is 1. The Balaban J connectivity index is 2.55. The predicted molar refractivity (Wildman–Crippen MR) is 105 cm³/mol. The highest BCUT2D eigenvalue weighted by Crippen LogP contribution is 2.45. The zero-order valence-corrected chi connectivity index (χ0v) is 17.2. The molecule has 3 amide bonds. The summed E-state index contributed by atoms with van der Waals surface area (Å²) < 4.78 is 15.0. The average molecular weight is 462 g/mol. The number of hydrogen-bond acceptors (Lipinski definition) is 5. The van der Waals surface area contributed by atoms with E-state index >= 15 is 0 Å². The van der Waals surface area contributed by atoms with E-state index in [1.54, 1.807) is 6.26 Å². The molecule has 0 saturated carbocycles. The minimum atomic E-state index is -1.96. The molecule has 1 aliphatic heterocycles. The normalized spacial score (nSPS) is 20.3. The van der Waals surface area contributed by atoms with Crippen LogP contribution in [0.4, 0.5) is 14.9 Å². The number of carbonyl (C=O) groups is 2. The van der Waals surface area contributed by atoms with Crippen LogP contribution in [0.3, 0.4) is 0 Å². The molecule has 2 rings (SSSR count). The third-order valence-electron chi connectivity index (χ3n) is 3.48. The SMILES string of the molecule is CSNC(/N=C1\C(=O)NC(=O)N1c1ccccc1F)C(C)(Cl)C(Cl)(Cl)Cl. The number of nitrogens with one attached hydrogen (secondary N) is 2. The summed E-state index contributed by atoms with van der Waals surface area (Å²) >= 11 is 25.2. The van der Waals surface area contributed by atoms with Gasteiger partial charge in [0, 0.05) is 0 Å². The smallest absolute Gasteiger partial charge is 0.270 e. The van der Waals surface area contributed by atoms with Crippen molar-refractivity contribution < 1.29 is 14.0 Å². The predicted octanol–water partition coefficient (Wildman–Crippen LogP) is 3.84. The Bertz CT molecular complexity index is 757. The average Bonchev–Trinajstić information content (AvgIpc) is 2.80. The molecular weight excluding hydrogens is 449 g/mol. The molecule has 1 fully saturated rings. The van der Waals surface area contributed by atoms with Gasteiger partial charge in [-0.05, 0) is 25.3 Å². The van der Waals surface area contributed by atoms with Gasteiger partial charge in [-0.15, -0.1) is 11.6 Å². The fourth-order valence-corrected chi connectivity index (χ4v) is 3.02. The maximum absolute atomic E-state index is 14.1. The summed E-state index contributed by atoms with van der Waals surface area (Å²) in [5.41, 5.74) is -0.150. The minimum Gasteiger partial charge on any atom is -0.270 e. The summed E-state index contributed by atoms with van der Waals surface area (Å²) in [7, 11) is 0. The number of amides is 3. The lowest BCUT2D eigenvalue weighted by Gasteiger charge is -2.35. The second kappa shape index (κ2) is 8.08. The number of anilines is 1. The Morgan fingerprint density at radius 3 is 2.42 bits per heavy atom. The first-order valence-electron chi connectivity index (χ1n) is 7.02. The number of halogens is 5. The van der Waals surface area contributed by atoms with Crippen molar-refractivity contribution in [2.24, 2.45) is 4.99 Å². The Hall–Kier alpha value is -0.770. The molecule has 12 heteroatoms. The van der Waals surface area contributed by atoms with E-state index in [2.05, 4.69) is 15.0 Å². The highest BCUT2D eigenvalue weighted by atomic mass is 35.6. The molecule has 0 bridgehead atoms. The number of nitrogens with zero attached hydrogens (tertiary/aromatic N) is 2. The summed E-state index contributed by atoms with van der Waals surface area (Å²) in [6.45, 7) is 1.40. The van der Waals surface area contributed by atoms with E-state index in [4.69, 9.17) is 46.4 Å². The molecule has 6 nitrogen and oxygen atoms in total. The van der Waals surface area contributed by atoms with Crippen LogP contribution in [0.2, 0.25) is 0 Å². The summed E-state index contributed by atoms with van der Waals surface area (Å²) in [5.74, 6) is -1.93. The monoisotopic (exact) mass is 460 g/mol. The van der Waals surface area contributed by atoms with Crippen LogP contribution in [0.25, 0.3) is 0 Å². The molecule has 1 heterocycles. The van der Waals surface area contributed by atoms with Gasteiger partial charge in [0.1, 0.15) is 16.9 Å². The van der Waals surface area contributed by atoms with Crippen LogP contribution in [0.5, 0.6) is 0 Å². The molecule has 26 heavy (non-hydrogen) atoms. The Labute approximate surface area is 173 Å². The number of hydrogen-bond donors (Lipinski definition) is 2. The highest BCUT2D eigenvalue weighted by molar-refractivity contribution is 7.96. The van der Waals surface area contributed by atoms with Gasteiger partial charge in [-0.25, -0.2) is 23.8 Å².